The topological polar surface area (TPSA) is 81.7 Å². The molecule has 6 heteroatoms. The molecule has 3 N–H and O–H groups in total. The van der Waals surface area contributed by atoms with E-state index in [4.69, 9.17) is 5.73 Å². The first-order valence-corrected chi connectivity index (χ1v) is 11.8. The fraction of sp³-hybridized carbons (Fsp3) is 0.500. The molecule has 0 spiro atoms. The maximum Gasteiger partial charge on any atom is 0.173 e. The monoisotopic (exact) mass is 432 g/mol. The average Bonchev–Trinajstić information content (AvgIpc) is 3.31. The van der Waals surface area contributed by atoms with Gasteiger partial charge in [-0.2, -0.15) is 0 Å². The predicted octanol–water partition coefficient (Wildman–Crippen LogP) is 4.54. The number of tetrazole rings is 1. The van der Waals surface area contributed by atoms with Crippen LogP contribution >= 0.6 is 0 Å². The Bertz CT molecular complexity index is 974. The third-order valence-electron chi connectivity index (χ3n) is 6.57. The molecule has 0 bridgehead atoms. The van der Waals surface area contributed by atoms with Crippen molar-refractivity contribution < 1.29 is 0 Å². The summed E-state index contributed by atoms with van der Waals surface area (Å²) in [6.07, 6.45) is 4.99. The zero-order valence-electron chi connectivity index (χ0n) is 19.5. The normalized spacial score (nSPS) is 20.2. The fourth-order valence-corrected chi connectivity index (χ4v) is 4.79. The number of aromatic nitrogens is 4. The molecule has 3 atom stereocenters. The summed E-state index contributed by atoms with van der Waals surface area (Å²) in [6, 6.07) is 19.2. The molecule has 2 aromatic carbocycles. The van der Waals surface area contributed by atoms with Crippen LogP contribution in [0.25, 0.3) is 11.1 Å². The van der Waals surface area contributed by atoms with Gasteiger partial charge in [0, 0.05) is 0 Å². The van der Waals surface area contributed by atoms with Gasteiger partial charge in [-0.1, -0.05) is 61.0 Å². The van der Waals surface area contributed by atoms with E-state index in [1.807, 2.05) is 10.7 Å². The first kappa shape index (κ1) is 22.6. The number of benzene rings is 2. The second-order valence-electron chi connectivity index (χ2n) is 10.1. The van der Waals surface area contributed by atoms with E-state index in [0.717, 1.165) is 18.9 Å². The quantitative estimate of drug-likeness (QED) is 0.573. The summed E-state index contributed by atoms with van der Waals surface area (Å²) in [4.78, 5) is 0. The van der Waals surface area contributed by atoms with Gasteiger partial charge in [-0.05, 0) is 92.1 Å². The molecule has 1 aliphatic rings. The molecular formula is C26H36N6. The molecule has 32 heavy (non-hydrogen) atoms. The smallest absolute Gasteiger partial charge is 0.173 e. The average molecular weight is 433 g/mol. The largest absolute Gasteiger partial charge is 0.330 e. The van der Waals surface area contributed by atoms with Crippen LogP contribution in [0, 0.1) is 11.8 Å². The molecule has 1 aliphatic carbocycles. The van der Waals surface area contributed by atoms with E-state index >= 15 is 0 Å². The van der Waals surface area contributed by atoms with Crippen LogP contribution in [-0.2, 0) is 5.54 Å². The maximum absolute atomic E-state index is 5.97. The fourth-order valence-electron chi connectivity index (χ4n) is 4.79. The van der Waals surface area contributed by atoms with Gasteiger partial charge in [0.15, 0.2) is 5.82 Å². The zero-order chi connectivity index (χ0) is 22.6. The van der Waals surface area contributed by atoms with Gasteiger partial charge in [0.1, 0.15) is 0 Å². The van der Waals surface area contributed by atoms with Crippen LogP contribution in [0.3, 0.4) is 0 Å². The standard InChI is InChI=1S/C26H36N6/c1-26(2,3)32-25(29-30-31-32)24(28-18-20-9-7-8-19(16-20)17-27)23-14-12-22(13-15-23)21-10-5-4-6-11-21/h4-6,10-15,19-20,24,28H,7-9,16-18,27H2,1-3H3. The van der Waals surface area contributed by atoms with Crippen molar-refractivity contribution in [1.82, 2.24) is 25.5 Å². The Balaban J connectivity index is 1.60. The minimum atomic E-state index is -0.196. The molecule has 3 aromatic rings. The zero-order valence-corrected chi connectivity index (χ0v) is 19.5. The van der Waals surface area contributed by atoms with Crippen molar-refractivity contribution >= 4 is 0 Å². The van der Waals surface area contributed by atoms with Crippen LogP contribution in [0.5, 0.6) is 0 Å². The summed E-state index contributed by atoms with van der Waals surface area (Å²) in [6.45, 7) is 8.14. The SMILES string of the molecule is CC(C)(C)n1nnnc1C(NCC1CCCC(CN)C1)c1ccc(-c2ccccc2)cc1. The van der Waals surface area contributed by atoms with E-state index in [1.165, 1.54) is 42.4 Å². The van der Waals surface area contributed by atoms with E-state index in [2.05, 4.69) is 90.1 Å². The second-order valence-corrected chi connectivity index (χ2v) is 10.1. The Morgan fingerprint density at radius 2 is 1.69 bits per heavy atom. The van der Waals surface area contributed by atoms with Gasteiger partial charge in [0.25, 0.3) is 0 Å². The van der Waals surface area contributed by atoms with Crippen molar-refractivity contribution in [2.24, 2.45) is 17.6 Å². The van der Waals surface area contributed by atoms with E-state index in [-0.39, 0.29) is 11.6 Å². The highest BCUT2D eigenvalue weighted by molar-refractivity contribution is 5.63. The lowest BCUT2D eigenvalue weighted by atomic mass is 9.81. The summed E-state index contributed by atoms with van der Waals surface area (Å²) in [5.74, 6) is 2.15. The minimum Gasteiger partial charge on any atom is -0.330 e. The molecule has 1 fully saturated rings. The van der Waals surface area contributed by atoms with Gasteiger partial charge in [0.05, 0.1) is 11.6 Å². The Morgan fingerprint density at radius 1 is 1.00 bits per heavy atom. The van der Waals surface area contributed by atoms with Gasteiger partial charge >= 0.3 is 0 Å². The first-order valence-electron chi connectivity index (χ1n) is 11.8. The van der Waals surface area contributed by atoms with Crippen molar-refractivity contribution in [2.45, 2.75) is 58.0 Å². The van der Waals surface area contributed by atoms with Crippen LogP contribution in [-0.4, -0.2) is 33.3 Å². The molecule has 170 valence electrons. The van der Waals surface area contributed by atoms with Crippen molar-refractivity contribution in [1.29, 1.82) is 0 Å². The molecule has 0 aliphatic heterocycles. The third kappa shape index (κ3) is 5.25. The number of nitrogens with zero attached hydrogens (tertiary/aromatic N) is 4. The lowest BCUT2D eigenvalue weighted by Crippen LogP contribution is -2.35. The Hall–Kier alpha value is -2.57. The third-order valence-corrected chi connectivity index (χ3v) is 6.57. The van der Waals surface area contributed by atoms with E-state index < -0.39 is 0 Å². The molecule has 1 heterocycles. The summed E-state index contributed by atoms with van der Waals surface area (Å²) < 4.78 is 1.94. The summed E-state index contributed by atoms with van der Waals surface area (Å²) in [5.41, 5.74) is 9.38. The van der Waals surface area contributed by atoms with Gasteiger partial charge in [-0.3, -0.25) is 0 Å². The van der Waals surface area contributed by atoms with Crippen molar-refractivity contribution in [2.75, 3.05) is 13.1 Å². The highest BCUT2D eigenvalue weighted by atomic mass is 15.6. The molecule has 3 unspecified atom stereocenters. The van der Waals surface area contributed by atoms with Crippen LogP contribution in [0.1, 0.15) is 63.9 Å². The molecule has 0 radical (unpaired) electrons. The van der Waals surface area contributed by atoms with Crippen LogP contribution in [0.15, 0.2) is 54.6 Å². The Labute approximate surface area is 191 Å². The Morgan fingerprint density at radius 3 is 2.38 bits per heavy atom. The highest BCUT2D eigenvalue weighted by Crippen LogP contribution is 2.30. The second kappa shape index (κ2) is 9.92. The van der Waals surface area contributed by atoms with Crippen LogP contribution in [0.4, 0.5) is 0 Å². The van der Waals surface area contributed by atoms with E-state index in [9.17, 15) is 0 Å². The number of hydrogen-bond donors (Lipinski definition) is 2. The van der Waals surface area contributed by atoms with E-state index in [0.29, 0.717) is 11.8 Å². The molecule has 6 nitrogen and oxygen atoms in total. The predicted molar refractivity (Wildman–Crippen MR) is 129 cm³/mol. The lowest BCUT2D eigenvalue weighted by molar-refractivity contribution is 0.256. The van der Waals surface area contributed by atoms with Gasteiger partial charge < -0.3 is 11.1 Å². The maximum atomic E-state index is 5.97. The van der Waals surface area contributed by atoms with Crippen molar-refractivity contribution in [3.63, 3.8) is 0 Å². The van der Waals surface area contributed by atoms with Gasteiger partial charge in [0.2, 0.25) is 0 Å². The molecule has 0 amide bonds. The minimum absolute atomic E-state index is 0.0627. The lowest BCUT2D eigenvalue weighted by Gasteiger charge is -2.30. The molecular weight excluding hydrogens is 396 g/mol. The molecule has 1 aromatic heterocycles. The number of hydrogen-bond acceptors (Lipinski definition) is 5. The number of nitrogens with one attached hydrogen (secondary N) is 1. The summed E-state index contributed by atoms with van der Waals surface area (Å²) in [5, 5.41) is 16.6. The Kier molecular flexibility index (Phi) is 7.01. The van der Waals surface area contributed by atoms with Crippen LogP contribution < -0.4 is 11.1 Å². The summed E-state index contributed by atoms with van der Waals surface area (Å²) >= 11 is 0. The summed E-state index contributed by atoms with van der Waals surface area (Å²) in [7, 11) is 0. The van der Waals surface area contributed by atoms with Crippen molar-refractivity contribution in [3.05, 3.63) is 66.0 Å². The number of rotatable bonds is 7. The van der Waals surface area contributed by atoms with E-state index in [1.54, 1.807) is 0 Å². The molecule has 0 saturated heterocycles. The molecule has 1 saturated carbocycles. The van der Waals surface area contributed by atoms with Crippen LogP contribution in [0.2, 0.25) is 0 Å². The molecule has 4 rings (SSSR count). The first-order chi connectivity index (χ1) is 15.5. The van der Waals surface area contributed by atoms with Gasteiger partial charge in [-0.15, -0.1) is 5.10 Å². The highest BCUT2D eigenvalue weighted by Gasteiger charge is 2.28. The van der Waals surface area contributed by atoms with Gasteiger partial charge in [-0.25, -0.2) is 4.68 Å². The number of nitrogens with two attached hydrogens (primary N) is 1. The van der Waals surface area contributed by atoms with Crippen molar-refractivity contribution in [3.8, 4) is 11.1 Å².